The van der Waals surface area contributed by atoms with Gasteiger partial charge in [-0.05, 0) is 37.4 Å². The number of nitrogens with one attached hydrogen (secondary N) is 1. The third-order valence-corrected chi connectivity index (χ3v) is 4.07. The Hall–Kier alpha value is -1.09. The van der Waals surface area contributed by atoms with Crippen molar-refractivity contribution < 1.29 is 4.74 Å². The zero-order chi connectivity index (χ0) is 13.7. The zero-order valence-corrected chi connectivity index (χ0v) is 12.4. The van der Waals surface area contributed by atoms with Crippen molar-refractivity contribution in [2.75, 3.05) is 13.7 Å². The van der Waals surface area contributed by atoms with Crippen molar-refractivity contribution in [3.63, 3.8) is 0 Å². The molecule has 1 aromatic rings. The van der Waals surface area contributed by atoms with Gasteiger partial charge in [-0.2, -0.15) is 0 Å². The lowest BCUT2D eigenvalue weighted by molar-refractivity contribution is 0.277. The van der Waals surface area contributed by atoms with Gasteiger partial charge in [-0.1, -0.05) is 26.7 Å². The summed E-state index contributed by atoms with van der Waals surface area (Å²) in [5, 5.41) is 3.58. The van der Waals surface area contributed by atoms with E-state index in [0.717, 1.165) is 18.0 Å². The second-order valence-corrected chi connectivity index (χ2v) is 5.80. The van der Waals surface area contributed by atoms with Crippen LogP contribution in [0, 0.1) is 5.92 Å². The van der Waals surface area contributed by atoms with E-state index in [1.54, 1.807) is 7.11 Å². The first-order chi connectivity index (χ1) is 9.22. The molecule has 1 aliphatic rings. The molecular weight excluding hydrogens is 236 g/mol. The molecule has 0 bridgehead atoms. The highest BCUT2D eigenvalue weighted by Gasteiger charge is 2.29. The lowest BCUT2D eigenvalue weighted by atomic mass is 9.77. The SMILES string of the molecule is COc1cccnc1C1CCCCC1CNC(C)C. The van der Waals surface area contributed by atoms with Crippen molar-refractivity contribution >= 4 is 0 Å². The number of methoxy groups -OCH3 is 1. The topological polar surface area (TPSA) is 34.1 Å². The molecule has 1 saturated carbocycles. The molecule has 19 heavy (non-hydrogen) atoms. The van der Waals surface area contributed by atoms with Crippen LogP contribution in [0.25, 0.3) is 0 Å². The molecule has 1 aliphatic carbocycles. The minimum Gasteiger partial charge on any atom is -0.495 e. The normalized spacial score (nSPS) is 23.6. The summed E-state index contributed by atoms with van der Waals surface area (Å²) >= 11 is 0. The number of aromatic nitrogens is 1. The van der Waals surface area contributed by atoms with E-state index in [2.05, 4.69) is 24.1 Å². The first-order valence-electron chi connectivity index (χ1n) is 7.44. The van der Waals surface area contributed by atoms with Gasteiger partial charge in [0.2, 0.25) is 0 Å². The fourth-order valence-electron chi connectivity index (χ4n) is 3.05. The predicted octanol–water partition coefficient (Wildman–Crippen LogP) is 3.36. The minimum atomic E-state index is 0.538. The number of hydrogen-bond acceptors (Lipinski definition) is 3. The first kappa shape index (κ1) is 14.3. The van der Waals surface area contributed by atoms with Gasteiger partial charge in [-0.3, -0.25) is 4.98 Å². The number of hydrogen-bond donors (Lipinski definition) is 1. The average Bonchev–Trinajstić information content (AvgIpc) is 2.45. The Balaban J connectivity index is 2.14. The van der Waals surface area contributed by atoms with Crippen LogP contribution in [-0.2, 0) is 0 Å². The van der Waals surface area contributed by atoms with E-state index in [0.29, 0.717) is 17.9 Å². The van der Waals surface area contributed by atoms with Crippen molar-refractivity contribution in [3.05, 3.63) is 24.0 Å². The zero-order valence-electron chi connectivity index (χ0n) is 12.4. The van der Waals surface area contributed by atoms with Gasteiger partial charge in [0.25, 0.3) is 0 Å². The van der Waals surface area contributed by atoms with Crippen LogP contribution in [0.4, 0.5) is 0 Å². The summed E-state index contributed by atoms with van der Waals surface area (Å²) < 4.78 is 5.49. The Morgan fingerprint density at radius 2 is 2.16 bits per heavy atom. The van der Waals surface area contributed by atoms with E-state index in [1.165, 1.54) is 25.7 Å². The van der Waals surface area contributed by atoms with E-state index in [-0.39, 0.29) is 0 Å². The second kappa shape index (κ2) is 6.90. The lowest BCUT2D eigenvalue weighted by Crippen LogP contribution is -2.33. The largest absolute Gasteiger partial charge is 0.495 e. The molecule has 2 rings (SSSR count). The third-order valence-electron chi connectivity index (χ3n) is 4.07. The highest BCUT2D eigenvalue weighted by Crippen LogP contribution is 2.39. The Kier molecular flexibility index (Phi) is 5.20. The smallest absolute Gasteiger partial charge is 0.140 e. The maximum Gasteiger partial charge on any atom is 0.140 e. The second-order valence-electron chi connectivity index (χ2n) is 5.80. The molecule has 0 amide bonds. The summed E-state index contributed by atoms with van der Waals surface area (Å²) in [6, 6.07) is 4.53. The monoisotopic (exact) mass is 262 g/mol. The molecule has 1 fully saturated rings. The standard InChI is InChI=1S/C16H26N2O/c1-12(2)18-11-13-7-4-5-8-14(13)16-15(19-3)9-6-10-17-16/h6,9-10,12-14,18H,4-5,7-8,11H2,1-3H3. The van der Waals surface area contributed by atoms with E-state index < -0.39 is 0 Å². The number of rotatable bonds is 5. The van der Waals surface area contributed by atoms with Crippen molar-refractivity contribution in [2.45, 2.75) is 51.5 Å². The molecule has 1 heterocycles. The van der Waals surface area contributed by atoms with Crippen LogP contribution in [0.3, 0.4) is 0 Å². The van der Waals surface area contributed by atoms with Crippen molar-refractivity contribution in [1.29, 1.82) is 0 Å². The minimum absolute atomic E-state index is 0.538. The molecule has 0 aromatic carbocycles. The van der Waals surface area contributed by atoms with Gasteiger partial charge < -0.3 is 10.1 Å². The lowest BCUT2D eigenvalue weighted by Gasteiger charge is -2.32. The molecule has 0 radical (unpaired) electrons. The van der Waals surface area contributed by atoms with Crippen LogP contribution < -0.4 is 10.1 Å². The number of ether oxygens (including phenoxy) is 1. The van der Waals surface area contributed by atoms with Crippen LogP contribution in [0.1, 0.15) is 51.1 Å². The van der Waals surface area contributed by atoms with Gasteiger partial charge in [0.15, 0.2) is 0 Å². The highest BCUT2D eigenvalue weighted by atomic mass is 16.5. The fraction of sp³-hybridized carbons (Fsp3) is 0.688. The van der Waals surface area contributed by atoms with E-state index in [1.807, 2.05) is 18.3 Å². The molecule has 2 unspecified atom stereocenters. The van der Waals surface area contributed by atoms with Gasteiger partial charge in [0.1, 0.15) is 5.75 Å². The summed E-state index contributed by atoms with van der Waals surface area (Å²) in [5.41, 5.74) is 1.15. The van der Waals surface area contributed by atoms with Crippen LogP contribution in [0.15, 0.2) is 18.3 Å². The van der Waals surface area contributed by atoms with Crippen LogP contribution in [0.2, 0.25) is 0 Å². The summed E-state index contributed by atoms with van der Waals surface area (Å²) in [6.45, 7) is 5.50. The summed E-state index contributed by atoms with van der Waals surface area (Å²) in [7, 11) is 1.74. The Bertz CT molecular complexity index is 392. The van der Waals surface area contributed by atoms with Gasteiger partial charge in [-0.25, -0.2) is 0 Å². The van der Waals surface area contributed by atoms with E-state index in [4.69, 9.17) is 4.74 Å². The first-order valence-corrected chi connectivity index (χ1v) is 7.44. The van der Waals surface area contributed by atoms with E-state index in [9.17, 15) is 0 Å². The molecular formula is C16H26N2O. The molecule has 0 aliphatic heterocycles. The van der Waals surface area contributed by atoms with E-state index >= 15 is 0 Å². The van der Waals surface area contributed by atoms with Gasteiger partial charge >= 0.3 is 0 Å². The molecule has 106 valence electrons. The molecule has 3 heteroatoms. The molecule has 1 aromatic heterocycles. The molecule has 2 atom stereocenters. The van der Waals surface area contributed by atoms with Crippen LogP contribution in [-0.4, -0.2) is 24.7 Å². The van der Waals surface area contributed by atoms with Gasteiger partial charge in [-0.15, -0.1) is 0 Å². The summed E-state index contributed by atoms with van der Waals surface area (Å²) in [5.74, 6) is 2.17. The number of nitrogens with zero attached hydrogens (tertiary/aromatic N) is 1. The molecule has 0 saturated heterocycles. The number of pyridine rings is 1. The summed E-state index contributed by atoms with van der Waals surface area (Å²) in [4.78, 5) is 4.60. The Labute approximate surface area is 116 Å². The predicted molar refractivity (Wildman–Crippen MR) is 78.6 cm³/mol. The molecule has 0 spiro atoms. The van der Waals surface area contributed by atoms with Crippen molar-refractivity contribution in [3.8, 4) is 5.75 Å². The molecule has 1 N–H and O–H groups in total. The fourth-order valence-corrected chi connectivity index (χ4v) is 3.05. The van der Waals surface area contributed by atoms with Gasteiger partial charge in [0, 0.05) is 18.2 Å². The van der Waals surface area contributed by atoms with Crippen LogP contribution in [0.5, 0.6) is 5.75 Å². The van der Waals surface area contributed by atoms with Crippen molar-refractivity contribution in [2.24, 2.45) is 5.92 Å². The maximum absolute atomic E-state index is 5.49. The third kappa shape index (κ3) is 3.69. The molecule has 3 nitrogen and oxygen atoms in total. The quantitative estimate of drug-likeness (QED) is 0.883. The van der Waals surface area contributed by atoms with Crippen molar-refractivity contribution in [1.82, 2.24) is 10.3 Å². The Morgan fingerprint density at radius 3 is 2.89 bits per heavy atom. The average molecular weight is 262 g/mol. The van der Waals surface area contributed by atoms with Gasteiger partial charge in [0.05, 0.1) is 12.8 Å². The Morgan fingerprint density at radius 1 is 1.37 bits per heavy atom. The highest BCUT2D eigenvalue weighted by molar-refractivity contribution is 5.30. The maximum atomic E-state index is 5.49. The van der Waals surface area contributed by atoms with Crippen LogP contribution >= 0.6 is 0 Å². The summed E-state index contributed by atoms with van der Waals surface area (Å²) in [6.07, 6.45) is 7.07.